The van der Waals surface area contributed by atoms with E-state index in [1.54, 1.807) is 19.1 Å². The molecule has 1 saturated carbocycles. The van der Waals surface area contributed by atoms with Crippen LogP contribution in [0.5, 0.6) is 5.75 Å². The van der Waals surface area contributed by atoms with Gasteiger partial charge >= 0.3 is 0 Å². The van der Waals surface area contributed by atoms with Gasteiger partial charge in [0.2, 0.25) is 5.91 Å². The van der Waals surface area contributed by atoms with Crippen LogP contribution in [-0.4, -0.2) is 36.7 Å². The van der Waals surface area contributed by atoms with Gasteiger partial charge in [0.05, 0.1) is 19.1 Å². The average Bonchev–Trinajstić information content (AvgIpc) is 3.19. The smallest absolute Gasteiger partial charge is 0.231 e. The first-order valence-electron chi connectivity index (χ1n) is 6.52. The van der Waals surface area contributed by atoms with Crippen molar-refractivity contribution >= 4 is 5.91 Å². The van der Waals surface area contributed by atoms with Crippen molar-refractivity contribution < 1.29 is 14.6 Å². The number of carbonyl (C=O) groups is 1. The van der Waals surface area contributed by atoms with Crippen molar-refractivity contribution in [1.29, 1.82) is 0 Å². The van der Waals surface area contributed by atoms with E-state index in [1.807, 2.05) is 25.1 Å². The van der Waals surface area contributed by atoms with Crippen LogP contribution in [0.15, 0.2) is 18.2 Å². The minimum atomic E-state index is -0.490. The third kappa shape index (κ3) is 2.73. The summed E-state index contributed by atoms with van der Waals surface area (Å²) in [6, 6.07) is 5.91. The van der Waals surface area contributed by atoms with E-state index >= 15 is 0 Å². The van der Waals surface area contributed by atoms with E-state index in [9.17, 15) is 9.90 Å². The molecule has 0 bridgehead atoms. The molecule has 1 fully saturated rings. The Balaban J connectivity index is 2.05. The number of hydrogen-bond acceptors (Lipinski definition) is 3. The van der Waals surface area contributed by atoms with Crippen molar-refractivity contribution in [3.05, 3.63) is 29.3 Å². The number of hydrogen-bond donors (Lipinski definition) is 1. The summed E-state index contributed by atoms with van der Waals surface area (Å²) in [4.78, 5) is 13.9. The molecule has 1 aliphatic rings. The summed E-state index contributed by atoms with van der Waals surface area (Å²) < 4.78 is 5.22. The molecular weight excluding hydrogens is 242 g/mol. The lowest BCUT2D eigenvalue weighted by molar-refractivity contribution is -0.137. The highest BCUT2D eigenvalue weighted by Gasteiger charge is 2.50. The fourth-order valence-corrected chi connectivity index (χ4v) is 2.38. The Bertz CT molecular complexity index is 480. The predicted molar refractivity (Wildman–Crippen MR) is 73.0 cm³/mol. The molecule has 19 heavy (non-hydrogen) atoms. The predicted octanol–water partition coefficient (Wildman–Crippen LogP) is 1.73. The van der Waals surface area contributed by atoms with Crippen molar-refractivity contribution in [3.8, 4) is 5.75 Å². The topological polar surface area (TPSA) is 49.8 Å². The Labute approximate surface area is 114 Å². The van der Waals surface area contributed by atoms with Gasteiger partial charge in [0, 0.05) is 13.6 Å². The largest absolute Gasteiger partial charge is 0.496 e. The molecule has 1 N–H and O–H groups in total. The fourth-order valence-electron chi connectivity index (χ4n) is 2.38. The van der Waals surface area contributed by atoms with Gasteiger partial charge in [-0.25, -0.2) is 0 Å². The summed E-state index contributed by atoms with van der Waals surface area (Å²) in [5.74, 6) is 0.898. The number of nitrogens with zero attached hydrogens (tertiary/aromatic N) is 1. The summed E-state index contributed by atoms with van der Waals surface area (Å²) in [5.41, 5.74) is 1.64. The van der Waals surface area contributed by atoms with E-state index in [0.29, 0.717) is 6.54 Å². The number of rotatable bonds is 5. The van der Waals surface area contributed by atoms with E-state index in [2.05, 4.69) is 0 Å². The second kappa shape index (κ2) is 5.21. The molecule has 104 valence electrons. The quantitative estimate of drug-likeness (QED) is 0.880. The van der Waals surface area contributed by atoms with Crippen LogP contribution in [0.3, 0.4) is 0 Å². The lowest BCUT2D eigenvalue weighted by Crippen LogP contribution is -2.35. The van der Waals surface area contributed by atoms with Gasteiger partial charge in [0.25, 0.3) is 0 Å². The van der Waals surface area contributed by atoms with E-state index in [4.69, 9.17) is 4.74 Å². The maximum atomic E-state index is 12.2. The number of aryl methyl sites for hydroxylation is 1. The normalized spacial score (nSPS) is 16.0. The second-order valence-corrected chi connectivity index (χ2v) is 5.40. The molecule has 4 nitrogen and oxygen atoms in total. The number of aliphatic hydroxyl groups is 1. The highest BCUT2D eigenvalue weighted by atomic mass is 16.5. The van der Waals surface area contributed by atoms with Crippen LogP contribution in [0.25, 0.3) is 0 Å². The van der Waals surface area contributed by atoms with Crippen LogP contribution in [0.2, 0.25) is 0 Å². The third-order valence-corrected chi connectivity index (χ3v) is 3.84. The molecule has 1 amide bonds. The van der Waals surface area contributed by atoms with Crippen LogP contribution < -0.4 is 4.74 Å². The van der Waals surface area contributed by atoms with Crippen LogP contribution >= 0.6 is 0 Å². The highest BCUT2D eigenvalue weighted by Crippen LogP contribution is 2.46. The fraction of sp³-hybridized carbons (Fsp3) is 0.533. The first-order valence-corrected chi connectivity index (χ1v) is 6.52. The number of aliphatic hydroxyl groups excluding tert-OH is 1. The molecule has 1 aliphatic carbocycles. The van der Waals surface area contributed by atoms with E-state index < -0.39 is 5.41 Å². The van der Waals surface area contributed by atoms with Crippen LogP contribution in [-0.2, 0) is 11.3 Å². The number of amides is 1. The van der Waals surface area contributed by atoms with Crippen LogP contribution in [0.1, 0.15) is 24.0 Å². The Morgan fingerprint density at radius 1 is 1.47 bits per heavy atom. The maximum absolute atomic E-state index is 12.2. The monoisotopic (exact) mass is 263 g/mol. The van der Waals surface area contributed by atoms with Gasteiger partial charge in [-0.15, -0.1) is 0 Å². The molecule has 0 atom stereocenters. The lowest BCUT2D eigenvalue weighted by Gasteiger charge is -2.22. The number of ether oxygens (including phenoxy) is 1. The van der Waals surface area contributed by atoms with Crippen molar-refractivity contribution in [2.75, 3.05) is 20.8 Å². The number of methoxy groups -OCH3 is 1. The first kappa shape index (κ1) is 13.9. The van der Waals surface area contributed by atoms with Gasteiger partial charge in [-0.1, -0.05) is 12.1 Å². The molecular formula is C15H21NO3. The zero-order valence-corrected chi connectivity index (χ0v) is 11.8. The Kier molecular flexibility index (Phi) is 3.80. The van der Waals surface area contributed by atoms with Gasteiger partial charge in [-0.3, -0.25) is 4.79 Å². The van der Waals surface area contributed by atoms with Gasteiger partial charge in [-0.2, -0.15) is 0 Å². The molecule has 0 unspecified atom stereocenters. The summed E-state index contributed by atoms with van der Waals surface area (Å²) in [5, 5.41) is 9.29. The molecule has 2 rings (SSSR count). The SMILES string of the molecule is COc1ccc(CN(C)C(=O)C2(CO)CC2)cc1C. The zero-order chi connectivity index (χ0) is 14.0. The van der Waals surface area contributed by atoms with Gasteiger partial charge < -0.3 is 14.7 Å². The molecule has 1 aromatic rings. The molecule has 0 saturated heterocycles. The van der Waals surface area contributed by atoms with Crippen molar-refractivity contribution in [2.45, 2.75) is 26.3 Å². The minimum Gasteiger partial charge on any atom is -0.496 e. The average molecular weight is 263 g/mol. The van der Waals surface area contributed by atoms with E-state index in [1.165, 1.54) is 0 Å². The zero-order valence-electron chi connectivity index (χ0n) is 11.8. The molecule has 0 aliphatic heterocycles. The minimum absolute atomic E-state index is 0.0438. The Hall–Kier alpha value is -1.55. The van der Waals surface area contributed by atoms with Gasteiger partial charge in [-0.05, 0) is 37.0 Å². The van der Waals surface area contributed by atoms with E-state index in [-0.39, 0.29) is 12.5 Å². The summed E-state index contributed by atoms with van der Waals surface area (Å²) >= 11 is 0. The first-order chi connectivity index (χ1) is 9.02. The van der Waals surface area contributed by atoms with Crippen molar-refractivity contribution in [1.82, 2.24) is 4.90 Å². The third-order valence-electron chi connectivity index (χ3n) is 3.84. The summed E-state index contributed by atoms with van der Waals surface area (Å²) in [6.45, 7) is 2.50. The van der Waals surface area contributed by atoms with Crippen molar-refractivity contribution in [3.63, 3.8) is 0 Å². The van der Waals surface area contributed by atoms with Gasteiger partial charge in [0.15, 0.2) is 0 Å². The van der Waals surface area contributed by atoms with Crippen LogP contribution in [0, 0.1) is 12.3 Å². The highest BCUT2D eigenvalue weighted by molar-refractivity contribution is 5.85. The lowest BCUT2D eigenvalue weighted by atomic mass is 10.1. The van der Waals surface area contributed by atoms with Crippen LogP contribution in [0.4, 0.5) is 0 Å². The standard InChI is InChI=1S/C15H21NO3/c1-11-8-12(4-5-13(11)19-3)9-16(2)14(18)15(10-17)6-7-15/h4-5,8,17H,6-7,9-10H2,1-3H3. The molecule has 0 heterocycles. The Morgan fingerprint density at radius 2 is 2.16 bits per heavy atom. The number of carbonyl (C=O) groups excluding carboxylic acids is 1. The second-order valence-electron chi connectivity index (χ2n) is 5.40. The van der Waals surface area contributed by atoms with E-state index in [0.717, 1.165) is 29.7 Å². The molecule has 0 aromatic heterocycles. The van der Waals surface area contributed by atoms with Crippen molar-refractivity contribution in [2.24, 2.45) is 5.41 Å². The number of benzene rings is 1. The molecule has 0 spiro atoms. The summed E-state index contributed by atoms with van der Waals surface area (Å²) in [6.07, 6.45) is 1.60. The summed E-state index contributed by atoms with van der Waals surface area (Å²) in [7, 11) is 3.44. The maximum Gasteiger partial charge on any atom is 0.231 e. The molecule has 4 heteroatoms. The molecule has 1 aromatic carbocycles. The van der Waals surface area contributed by atoms with Gasteiger partial charge in [0.1, 0.15) is 5.75 Å². The molecule has 0 radical (unpaired) electrons. The Morgan fingerprint density at radius 3 is 2.63 bits per heavy atom.